The molecule has 0 N–H and O–H groups in total. The summed E-state index contributed by atoms with van der Waals surface area (Å²) >= 11 is 6.28. The van der Waals surface area contributed by atoms with E-state index in [0.717, 1.165) is 62.2 Å². The lowest BCUT2D eigenvalue weighted by molar-refractivity contribution is 0.225. The largest absolute Gasteiger partial charge is 0.494 e. The summed E-state index contributed by atoms with van der Waals surface area (Å²) in [6.07, 6.45) is 1.06. The van der Waals surface area contributed by atoms with E-state index in [1.807, 2.05) is 42.5 Å². The molecule has 1 aliphatic heterocycles. The SMILES string of the molecule is Cl.Clc1ccccc1N1CCN(CCCOc2ccccc2)CC1. The summed E-state index contributed by atoms with van der Waals surface area (Å²) in [5.74, 6) is 0.955. The van der Waals surface area contributed by atoms with Gasteiger partial charge in [0.2, 0.25) is 0 Å². The first-order valence-corrected chi connectivity index (χ1v) is 8.60. The van der Waals surface area contributed by atoms with Gasteiger partial charge in [0, 0.05) is 32.7 Å². The molecule has 0 spiro atoms. The number of hydrogen-bond donors (Lipinski definition) is 0. The van der Waals surface area contributed by atoms with Gasteiger partial charge in [0.25, 0.3) is 0 Å². The molecule has 0 saturated carbocycles. The van der Waals surface area contributed by atoms with Crippen molar-refractivity contribution in [2.24, 2.45) is 0 Å². The molecular weight excluding hydrogens is 343 g/mol. The van der Waals surface area contributed by atoms with Crippen LogP contribution in [0.4, 0.5) is 5.69 Å². The van der Waals surface area contributed by atoms with Gasteiger partial charge in [-0.3, -0.25) is 4.90 Å². The summed E-state index contributed by atoms with van der Waals surface area (Å²) in [6.45, 7) is 6.08. The lowest BCUT2D eigenvalue weighted by Crippen LogP contribution is -2.46. The van der Waals surface area contributed by atoms with E-state index in [1.165, 1.54) is 0 Å². The number of rotatable bonds is 6. The topological polar surface area (TPSA) is 15.7 Å². The molecule has 3 rings (SSSR count). The lowest BCUT2D eigenvalue weighted by atomic mass is 10.2. The second-order valence-electron chi connectivity index (χ2n) is 5.80. The summed E-state index contributed by atoms with van der Waals surface area (Å²) in [7, 11) is 0. The number of para-hydroxylation sites is 2. The first-order valence-electron chi connectivity index (χ1n) is 8.22. The molecule has 1 aliphatic rings. The average molecular weight is 367 g/mol. The van der Waals surface area contributed by atoms with Crippen LogP contribution < -0.4 is 9.64 Å². The minimum Gasteiger partial charge on any atom is -0.494 e. The maximum atomic E-state index is 6.28. The Balaban J connectivity index is 0.00000208. The predicted octanol–water partition coefficient (Wildman–Crippen LogP) is 4.35. The minimum absolute atomic E-state index is 0. The molecule has 1 heterocycles. The fourth-order valence-corrected chi connectivity index (χ4v) is 3.17. The molecule has 0 unspecified atom stereocenters. The highest BCUT2D eigenvalue weighted by atomic mass is 35.5. The molecule has 1 fully saturated rings. The maximum absolute atomic E-state index is 6.28. The van der Waals surface area contributed by atoms with Crippen LogP contribution in [0.3, 0.4) is 0 Å². The van der Waals surface area contributed by atoms with E-state index in [9.17, 15) is 0 Å². The summed E-state index contributed by atoms with van der Waals surface area (Å²) in [5, 5.41) is 0.845. The van der Waals surface area contributed by atoms with E-state index in [4.69, 9.17) is 16.3 Å². The Morgan fingerprint density at radius 1 is 0.875 bits per heavy atom. The van der Waals surface area contributed by atoms with Crippen LogP contribution >= 0.6 is 24.0 Å². The van der Waals surface area contributed by atoms with Crippen LogP contribution in [-0.4, -0.2) is 44.2 Å². The van der Waals surface area contributed by atoms with Crippen LogP contribution in [0, 0.1) is 0 Å². The Morgan fingerprint density at radius 3 is 2.25 bits per heavy atom. The van der Waals surface area contributed by atoms with E-state index in [1.54, 1.807) is 0 Å². The van der Waals surface area contributed by atoms with E-state index in [0.29, 0.717) is 0 Å². The van der Waals surface area contributed by atoms with Crippen molar-refractivity contribution < 1.29 is 4.74 Å². The van der Waals surface area contributed by atoms with Gasteiger partial charge in [-0.1, -0.05) is 41.9 Å². The number of piperazine rings is 1. The number of nitrogens with zero attached hydrogens (tertiary/aromatic N) is 2. The standard InChI is InChI=1S/C19H23ClN2O.ClH/c20-18-9-4-5-10-19(18)22-14-12-21(13-15-22)11-6-16-23-17-7-2-1-3-8-17;/h1-5,7-10H,6,11-16H2;1H. The van der Waals surface area contributed by atoms with Crippen LogP contribution in [0.25, 0.3) is 0 Å². The van der Waals surface area contributed by atoms with Crippen LogP contribution in [-0.2, 0) is 0 Å². The highest BCUT2D eigenvalue weighted by Gasteiger charge is 2.18. The normalized spacial score (nSPS) is 15.0. The van der Waals surface area contributed by atoms with E-state index in [2.05, 4.69) is 21.9 Å². The summed E-state index contributed by atoms with van der Waals surface area (Å²) < 4.78 is 5.75. The highest BCUT2D eigenvalue weighted by Crippen LogP contribution is 2.25. The van der Waals surface area contributed by atoms with Crippen LogP contribution in [0.5, 0.6) is 5.75 Å². The Kier molecular flexibility index (Phi) is 7.70. The van der Waals surface area contributed by atoms with Crippen molar-refractivity contribution in [3.8, 4) is 5.75 Å². The quantitative estimate of drug-likeness (QED) is 0.706. The average Bonchev–Trinajstić information content (AvgIpc) is 2.61. The van der Waals surface area contributed by atoms with Crippen molar-refractivity contribution in [3.63, 3.8) is 0 Å². The molecule has 2 aromatic rings. The monoisotopic (exact) mass is 366 g/mol. The third kappa shape index (κ3) is 5.30. The molecule has 0 radical (unpaired) electrons. The van der Waals surface area contributed by atoms with Crippen molar-refractivity contribution in [1.29, 1.82) is 0 Å². The second-order valence-corrected chi connectivity index (χ2v) is 6.20. The lowest BCUT2D eigenvalue weighted by Gasteiger charge is -2.36. The van der Waals surface area contributed by atoms with Crippen molar-refractivity contribution in [2.75, 3.05) is 44.2 Å². The van der Waals surface area contributed by atoms with Crippen LogP contribution in [0.15, 0.2) is 54.6 Å². The van der Waals surface area contributed by atoms with Crippen LogP contribution in [0.1, 0.15) is 6.42 Å². The van der Waals surface area contributed by atoms with Crippen molar-refractivity contribution >= 4 is 29.7 Å². The van der Waals surface area contributed by atoms with Crippen molar-refractivity contribution in [2.45, 2.75) is 6.42 Å². The first-order chi connectivity index (χ1) is 11.3. The van der Waals surface area contributed by atoms with Gasteiger partial charge in [-0.2, -0.15) is 0 Å². The second kappa shape index (κ2) is 9.77. The molecular formula is C19H24Cl2N2O. The fraction of sp³-hybridized carbons (Fsp3) is 0.368. The van der Waals surface area contributed by atoms with Gasteiger partial charge in [0.1, 0.15) is 5.75 Å². The summed E-state index contributed by atoms with van der Waals surface area (Å²) in [6, 6.07) is 18.1. The Morgan fingerprint density at radius 2 is 1.54 bits per heavy atom. The Hall–Kier alpha value is -1.42. The Bertz CT molecular complexity index is 601. The highest BCUT2D eigenvalue weighted by molar-refractivity contribution is 6.33. The zero-order valence-corrected chi connectivity index (χ0v) is 15.3. The number of hydrogen-bond acceptors (Lipinski definition) is 3. The van der Waals surface area contributed by atoms with E-state index in [-0.39, 0.29) is 12.4 Å². The number of ether oxygens (including phenoxy) is 1. The third-order valence-electron chi connectivity index (χ3n) is 4.20. The van der Waals surface area contributed by atoms with Gasteiger partial charge in [-0.15, -0.1) is 12.4 Å². The van der Waals surface area contributed by atoms with Gasteiger partial charge in [0.15, 0.2) is 0 Å². The van der Waals surface area contributed by atoms with Gasteiger partial charge >= 0.3 is 0 Å². The molecule has 5 heteroatoms. The molecule has 24 heavy (non-hydrogen) atoms. The molecule has 3 nitrogen and oxygen atoms in total. The molecule has 130 valence electrons. The number of halogens is 2. The number of benzene rings is 2. The third-order valence-corrected chi connectivity index (χ3v) is 4.52. The predicted molar refractivity (Wildman–Crippen MR) is 104 cm³/mol. The van der Waals surface area contributed by atoms with Crippen molar-refractivity contribution in [3.05, 3.63) is 59.6 Å². The van der Waals surface area contributed by atoms with Gasteiger partial charge in [0.05, 0.1) is 17.3 Å². The van der Waals surface area contributed by atoms with Gasteiger partial charge in [-0.25, -0.2) is 0 Å². The molecule has 0 aromatic heterocycles. The smallest absolute Gasteiger partial charge is 0.119 e. The molecule has 2 aromatic carbocycles. The molecule has 0 atom stereocenters. The van der Waals surface area contributed by atoms with Gasteiger partial charge < -0.3 is 9.64 Å². The summed E-state index contributed by atoms with van der Waals surface area (Å²) in [5.41, 5.74) is 1.15. The van der Waals surface area contributed by atoms with Crippen molar-refractivity contribution in [1.82, 2.24) is 4.90 Å². The molecule has 1 saturated heterocycles. The number of anilines is 1. The van der Waals surface area contributed by atoms with E-state index >= 15 is 0 Å². The molecule has 0 aliphatic carbocycles. The zero-order chi connectivity index (χ0) is 15.9. The Labute approximate surface area is 155 Å². The van der Waals surface area contributed by atoms with Crippen LogP contribution in [0.2, 0.25) is 5.02 Å². The van der Waals surface area contributed by atoms with Gasteiger partial charge in [-0.05, 0) is 30.7 Å². The zero-order valence-electron chi connectivity index (χ0n) is 13.7. The molecule has 0 amide bonds. The molecule has 0 bridgehead atoms. The van der Waals surface area contributed by atoms with E-state index < -0.39 is 0 Å². The fourth-order valence-electron chi connectivity index (χ4n) is 2.92. The maximum Gasteiger partial charge on any atom is 0.119 e. The first kappa shape index (κ1) is 18.9. The summed E-state index contributed by atoms with van der Waals surface area (Å²) in [4.78, 5) is 4.88. The minimum atomic E-state index is 0.